The monoisotopic (exact) mass is 390 g/mol. The van der Waals surface area contributed by atoms with Crippen LogP contribution in [0.15, 0.2) is 24.3 Å². The van der Waals surface area contributed by atoms with Crippen LogP contribution in [0.3, 0.4) is 0 Å². The van der Waals surface area contributed by atoms with Crippen LogP contribution in [-0.4, -0.2) is 48.4 Å². The third-order valence-corrected chi connectivity index (χ3v) is 4.41. The fourth-order valence-corrected chi connectivity index (χ4v) is 3.09. The molecule has 0 radical (unpaired) electrons. The summed E-state index contributed by atoms with van der Waals surface area (Å²) < 4.78 is 15.9. The molecule has 1 atom stereocenters. The van der Waals surface area contributed by atoms with Gasteiger partial charge < -0.3 is 29.5 Å². The maximum absolute atomic E-state index is 11.8. The number of ketones is 1. The van der Waals surface area contributed by atoms with E-state index in [0.717, 1.165) is 0 Å². The molecule has 0 unspecified atom stereocenters. The average molecular weight is 390 g/mol. The third kappa shape index (κ3) is 3.95. The first-order chi connectivity index (χ1) is 13.2. The van der Waals surface area contributed by atoms with Crippen molar-refractivity contribution in [3.05, 3.63) is 41.0 Å². The molecule has 0 saturated heterocycles. The molecule has 0 aromatic heterocycles. The summed E-state index contributed by atoms with van der Waals surface area (Å²) >= 11 is 0. The van der Waals surface area contributed by atoms with E-state index in [1.54, 1.807) is 0 Å². The van der Waals surface area contributed by atoms with E-state index in [2.05, 4.69) is 0 Å². The number of carboxylic acid groups (broad SMARTS) is 1. The molecule has 2 aromatic rings. The molecule has 2 aromatic carbocycles. The Morgan fingerprint density at radius 1 is 0.964 bits per heavy atom. The first kappa shape index (κ1) is 20.9. The quantitative estimate of drug-likeness (QED) is 0.588. The molecular formula is C20H22O8. The van der Waals surface area contributed by atoms with Gasteiger partial charge in [0.05, 0.1) is 33.3 Å². The van der Waals surface area contributed by atoms with E-state index in [9.17, 15) is 24.9 Å². The van der Waals surface area contributed by atoms with Gasteiger partial charge in [0.15, 0.2) is 17.3 Å². The topological polar surface area (TPSA) is 123 Å². The molecule has 0 saturated carbocycles. The van der Waals surface area contributed by atoms with Crippen molar-refractivity contribution in [1.29, 1.82) is 0 Å². The van der Waals surface area contributed by atoms with Gasteiger partial charge in [-0.25, -0.2) is 0 Å². The van der Waals surface area contributed by atoms with E-state index in [0.29, 0.717) is 17.1 Å². The average Bonchev–Trinajstić information content (AvgIpc) is 2.65. The van der Waals surface area contributed by atoms with E-state index in [1.165, 1.54) is 52.5 Å². The highest BCUT2D eigenvalue weighted by atomic mass is 16.5. The molecular weight excluding hydrogens is 368 g/mol. The second kappa shape index (κ2) is 8.51. The molecule has 0 aliphatic rings. The van der Waals surface area contributed by atoms with Crippen molar-refractivity contribution in [2.24, 2.45) is 0 Å². The first-order valence-electron chi connectivity index (χ1n) is 8.32. The number of rotatable bonds is 8. The molecule has 0 aliphatic carbocycles. The first-order valence-corrected chi connectivity index (χ1v) is 8.32. The SMILES string of the molecule is COc1cc(OC)c([C@@H](CC(=O)O)c2c(O)ccc(C(C)=O)c2O)cc1OC. The summed E-state index contributed by atoms with van der Waals surface area (Å²) in [6, 6.07) is 5.56. The number of carbonyl (C=O) groups excluding carboxylic acids is 1. The number of Topliss-reactive ketones (excluding diaryl/α,β-unsaturated/α-hetero) is 1. The molecule has 0 aliphatic heterocycles. The number of hydrogen-bond donors (Lipinski definition) is 3. The predicted molar refractivity (Wildman–Crippen MR) is 100.0 cm³/mol. The number of phenols is 2. The second-order valence-corrected chi connectivity index (χ2v) is 6.05. The van der Waals surface area contributed by atoms with Gasteiger partial charge in [-0.05, 0) is 25.1 Å². The zero-order valence-corrected chi connectivity index (χ0v) is 16.0. The van der Waals surface area contributed by atoms with Gasteiger partial charge >= 0.3 is 5.97 Å². The highest BCUT2D eigenvalue weighted by Crippen LogP contribution is 2.47. The summed E-state index contributed by atoms with van der Waals surface area (Å²) in [5.74, 6) is -2.48. The molecule has 3 N–H and O–H groups in total. The molecule has 0 heterocycles. The molecule has 0 amide bonds. The second-order valence-electron chi connectivity index (χ2n) is 6.05. The van der Waals surface area contributed by atoms with Crippen molar-refractivity contribution < 1.29 is 39.1 Å². The van der Waals surface area contributed by atoms with Crippen LogP contribution >= 0.6 is 0 Å². The lowest BCUT2D eigenvalue weighted by molar-refractivity contribution is -0.137. The standard InChI is InChI=1S/C20H22O8/c1-10(21)11-5-6-14(22)19(20(11)25)13(8-18(23)24)12-7-16(27-3)17(28-4)9-15(12)26-2/h5-7,9,13,22,25H,8H2,1-4H3,(H,23,24)/t13-/m1/s1. The van der Waals surface area contributed by atoms with E-state index < -0.39 is 29.8 Å². The van der Waals surface area contributed by atoms with Crippen molar-refractivity contribution in [3.8, 4) is 28.7 Å². The number of phenolic OH excluding ortho intramolecular Hbond substituents is 2. The van der Waals surface area contributed by atoms with Gasteiger partial charge in [-0.15, -0.1) is 0 Å². The van der Waals surface area contributed by atoms with Crippen molar-refractivity contribution in [2.45, 2.75) is 19.3 Å². The lowest BCUT2D eigenvalue weighted by atomic mass is 9.85. The van der Waals surface area contributed by atoms with Crippen LogP contribution in [0, 0.1) is 0 Å². The minimum absolute atomic E-state index is 0.0253. The fraction of sp³-hybridized carbons (Fsp3) is 0.300. The van der Waals surface area contributed by atoms with Crippen molar-refractivity contribution in [2.75, 3.05) is 21.3 Å². The third-order valence-electron chi connectivity index (χ3n) is 4.41. The van der Waals surface area contributed by atoms with Crippen molar-refractivity contribution in [1.82, 2.24) is 0 Å². The Bertz CT molecular complexity index is 904. The molecule has 2 rings (SSSR count). The van der Waals surface area contributed by atoms with Gasteiger partial charge in [0.1, 0.15) is 17.2 Å². The van der Waals surface area contributed by atoms with E-state index in [-0.39, 0.29) is 22.6 Å². The molecule has 8 nitrogen and oxygen atoms in total. The van der Waals surface area contributed by atoms with Crippen molar-refractivity contribution >= 4 is 11.8 Å². The van der Waals surface area contributed by atoms with Gasteiger partial charge in [0.25, 0.3) is 0 Å². The molecule has 0 fully saturated rings. The Kier molecular flexibility index (Phi) is 6.35. The largest absolute Gasteiger partial charge is 0.508 e. The van der Waals surface area contributed by atoms with Crippen LogP contribution in [0.25, 0.3) is 0 Å². The zero-order chi connectivity index (χ0) is 21.0. The summed E-state index contributed by atoms with van der Waals surface area (Å²) in [6.45, 7) is 1.26. The van der Waals surface area contributed by atoms with Gasteiger partial charge in [-0.2, -0.15) is 0 Å². The molecule has 150 valence electrons. The summed E-state index contributed by atoms with van der Waals surface area (Å²) in [5.41, 5.74) is 0.233. The Labute approximate surface area is 161 Å². The number of carbonyl (C=O) groups is 2. The van der Waals surface area contributed by atoms with E-state index in [4.69, 9.17) is 14.2 Å². The number of hydrogen-bond acceptors (Lipinski definition) is 7. The van der Waals surface area contributed by atoms with Gasteiger partial charge in [0.2, 0.25) is 0 Å². The van der Waals surface area contributed by atoms with Crippen LogP contribution in [0.1, 0.15) is 40.7 Å². The Hall–Kier alpha value is -3.42. The Balaban J connectivity index is 2.82. The Morgan fingerprint density at radius 2 is 1.54 bits per heavy atom. The number of carboxylic acids is 1. The Morgan fingerprint density at radius 3 is 2.04 bits per heavy atom. The van der Waals surface area contributed by atoms with Gasteiger partial charge in [-0.3, -0.25) is 9.59 Å². The summed E-state index contributed by atoms with van der Waals surface area (Å²) in [4.78, 5) is 23.3. The lowest BCUT2D eigenvalue weighted by Crippen LogP contribution is -2.11. The van der Waals surface area contributed by atoms with E-state index in [1.807, 2.05) is 0 Å². The predicted octanol–water partition coefficient (Wildman–Crippen LogP) is 2.93. The molecule has 0 spiro atoms. The smallest absolute Gasteiger partial charge is 0.304 e. The summed E-state index contributed by atoms with van der Waals surface area (Å²) in [5, 5.41) is 30.4. The number of aromatic hydroxyl groups is 2. The fourth-order valence-electron chi connectivity index (χ4n) is 3.09. The number of benzene rings is 2. The number of aliphatic carboxylic acids is 1. The van der Waals surface area contributed by atoms with Gasteiger partial charge in [0, 0.05) is 23.1 Å². The van der Waals surface area contributed by atoms with Crippen LogP contribution in [0.4, 0.5) is 0 Å². The van der Waals surface area contributed by atoms with Crippen LogP contribution in [0.2, 0.25) is 0 Å². The van der Waals surface area contributed by atoms with Crippen molar-refractivity contribution in [3.63, 3.8) is 0 Å². The summed E-state index contributed by atoms with van der Waals surface area (Å²) in [7, 11) is 4.26. The minimum atomic E-state index is -1.17. The van der Waals surface area contributed by atoms with Crippen LogP contribution in [0.5, 0.6) is 28.7 Å². The minimum Gasteiger partial charge on any atom is -0.508 e. The molecule has 8 heteroatoms. The maximum Gasteiger partial charge on any atom is 0.304 e. The summed E-state index contributed by atoms with van der Waals surface area (Å²) in [6.07, 6.45) is -0.478. The van der Waals surface area contributed by atoms with Gasteiger partial charge in [-0.1, -0.05) is 0 Å². The maximum atomic E-state index is 11.8. The number of methoxy groups -OCH3 is 3. The number of ether oxygens (including phenoxy) is 3. The molecule has 0 bridgehead atoms. The van der Waals surface area contributed by atoms with E-state index >= 15 is 0 Å². The molecule has 28 heavy (non-hydrogen) atoms. The lowest BCUT2D eigenvalue weighted by Gasteiger charge is -2.23. The van der Waals surface area contributed by atoms with Crippen LogP contribution < -0.4 is 14.2 Å². The normalized spacial score (nSPS) is 11.6. The zero-order valence-electron chi connectivity index (χ0n) is 16.0. The highest BCUT2D eigenvalue weighted by Gasteiger charge is 2.30. The highest BCUT2D eigenvalue weighted by molar-refractivity contribution is 5.97. The van der Waals surface area contributed by atoms with Crippen LogP contribution in [-0.2, 0) is 4.79 Å².